The molecule has 1 fully saturated rings. The molecule has 3 rings (SSSR count). The van der Waals surface area contributed by atoms with Crippen LogP contribution in [0.15, 0.2) is 28.8 Å². The summed E-state index contributed by atoms with van der Waals surface area (Å²) in [5, 5.41) is 6.72. The van der Waals surface area contributed by atoms with Crippen molar-refractivity contribution in [2.45, 2.75) is 26.3 Å². The number of piperidine rings is 1. The first kappa shape index (κ1) is 20.3. The standard InChI is InChI=1S/C18H24N4O5S/c1-3-28(24,25)22-10-8-14(9-11-22)18(23)19-12-16-20-17(21-27-16)13-4-6-15(26-2)7-5-13/h4-7,14H,3,8-12H2,1-2H3,(H,19,23). The van der Waals surface area contributed by atoms with Gasteiger partial charge in [0.1, 0.15) is 5.75 Å². The Morgan fingerprint density at radius 1 is 1.29 bits per heavy atom. The fraction of sp³-hybridized carbons (Fsp3) is 0.500. The number of carbonyl (C=O) groups is 1. The third kappa shape index (κ3) is 4.68. The molecule has 152 valence electrons. The summed E-state index contributed by atoms with van der Waals surface area (Å²) in [6, 6.07) is 7.25. The van der Waals surface area contributed by atoms with Gasteiger partial charge < -0.3 is 14.6 Å². The Bertz CT molecular complexity index is 902. The van der Waals surface area contributed by atoms with Crippen molar-refractivity contribution in [2.24, 2.45) is 5.92 Å². The molecule has 0 radical (unpaired) electrons. The van der Waals surface area contributed by atoms with Gasteiger partial charge in [-0.25, -0.2) is 12.7 Å². The molecule has 28 heavy (non-hydrogen) atoms. The molecule has 1 saturated heterocycles. The highest BCUT2D eigenvalue weighted by atomic mass is 32.2. The van der Waals surface area contributed by atoms with E-state index in [1.165, 1.54) is 4.31 Å². The fourth-order valence-corrected chi connectivity index (χ4v) is 4.20. The molecule has 2 aromatic rings. The minimum absolute atomic E-state index is 0.0809. The van der Waals surface area contributed by atoms with E-state index in [9.17, 15) is 13.2 Å². The molecule has 0 spiro atoms. The number of rotatable bonds is 7. The van der Waals surface area contributed by atoms with Gasteiger partial charge in [0, 0.05) is 24.6 Å². The molecule has 1 aromatic heterocycles. The Kier molecular flexibility index (Phi) is 6.30. The van der Waals surface area contributed by atoms with Crippen LogP contribution in [0.3, 0.4) is 0 Å². The quantitative estimate of drug-likeness (QED) is 0.737. The highest BCUT2D eigenvalue weighted by Gasteiger charge is 2.30. The van der Waals surface area contributed by atoms with Crippen molar-refractivity contribution >= 4 is 15.9 Å². The molecule has 1 aliphatic rings. The van der Waals surface area contributed by atoms with Gasteiger partial charge in [0.2, 0.25) is 27.6 Å². The lowest BCUT2D eigenvalue weighted by atomic mass is 9.97. The van der Waals surface area contributed by atoms with Gasteiger partial charge in [-0.15, -0.1) is 0 Å². The van der Waals surface area contributed by atoms with Gasteiger partial charge in [0.15, 0.2) is 0 Å². The topological polar surface area (TPSA) is 115 Å². The maximum atomic E-state index is 12.4. The summed E-state index contributed by atoms with van der Waals surface area (Å²) in [6.07, 6.45) is 1.01. The van der Waals surface area contributed by atoms with Crippen LogP contribution >= 0.6 is 0 Å². The third-order valence-corrected chi connectivity index (χ3v) is 6.69. The van der Waals surface area contributed by atoms with Crippen molar-refractivity contribution in [3.63, 3.8) is 0 Å². The number of ether oxygens (including phenoxy) is 1. The van der Waals surface area contributed by atoms with Crippen molar-refractivity contribution in [3.05, 3.63) is 30.2 Å². The summed E-state index contributed by atoms with van der Waals surface area (Å²) in [5.74, 6) is 1.22. The van der Waals surface area contributed by atoms with E-state index in [2.05, 4.69) is 15.5 Å². The SMILES string of the molecule is CCS(=O)(=O)N1CCC(C(=O)NCc2nc(-c3ccc(OC)cc3)no2)CC1. The zero-order chi connectivity index (χ0) is 20.1. The molecule has 9 nitrogen and oxygen atoms in total. The number of amides is 1. The number of hydrogen-bond donors (Lipinski definition) is 1. The number of sulfonamides is 1. The van der Waals surface area contributed by atoms with Crippen LogP contribution in [0.2, 0.25) is 0 Å². The minimum atomic E-state index is -3.19. The first-order chi connectivity index (χ1) is 13.4. The first-order valence-electron chi connectivity index (χ1n) is 9.15. The summed E-state index contributed by atoms with van der Waals surface area (Å²) in [7, 11) is -1.60. The fourth-order valence-electron chi connectivity index (χ4n) is 3.07. The van der Waals surface area contributed by atoms with E-state index in [0.29, 0.717) is 37.6 Å². The lowest BCUT2D eigenvalue weighted by molar-refractivity contribution is -0.126. The molecule has 1 aliphatic heterocycles. The number of hydrogen-bond acceptors (Lipinski definition) is 7. The molecule has 1 aromatic carbocycles. The number of nitrogens with zero attached hydrogens (tertiary/aromatic N) is 3. The number of aromatic nitrogens is 2. The average molecular weight is 408 g/mol. The van der Waals surface area contributed by atoms with E-state index in [4.69, 9.17) is 9.26 Å². The van der Waals surface area contributed by atoms with Crippen LogP contribution in [0, 0.1) is 5.92 Å². The van der Waals surface area contributed by atoms with Crippen molar-refractivity contribution in [2.75, 3.05) is 26.0 Å². The molecule has 0 bridgehead atoms. The van der Waals surface area contributed by atoms with Gasteiger partial charge in [0.25, 0.3) is 0 Å². The van der Waals surface area contributed by atoms with Gasteiger partial charge >= 0.3 is 0 Å². The maximum absolute atomic E-state index is 12.4. The Hall–Kier alpha value is -2.46. The van der Waals surface area contributed by atoms with Gasteiger partial charge in [-0.3, -0.25) is 4.79 Å². The highest BCUT2D eigenvalue weighted by molar-refractivity contribution is 7.89. The molecule has 0 aliphatic carbocycles. The summed E-state index contributed by atoms with van der Waals surface area (Å²) >= 11 is 0. The number of nitrogens with one attached hydrogen (secondary N) is 1. The molecule has 1 amide bonds. The van der Waals surface area contributed by atoms with Crippen LogP contribution in [0.1, 0.15) is 25.7 Å². The first-order valence-corrected chi connectivity index (χ1v) is 10.8. The zero-order valence-electron chi connectivity index (χ0n) is 15.9. The summed E-state index contributed by atoms with van der Waals surface area (Å²) in [5.41, 5.74) is 0.784. The molecule has 1 N–H and O–H groups in total. The second-order valence-electron chi connectivity index (χ2n) is 6.53. The predicted octanol–water partition coefficient (Wildman–Crippen LogP) is 1.42. The van der Waals surface area contributed by atoms with Crippen LogP contribution < -0.4 is 10.1 Å². The van der Waals surface area contributed by atoms with E-state index in [-0.39, 0.29) is 24.1 Å². The molecule has 10 heteroatoms. The molecular weight excluding hydrogens is 384 g/mol. The highest BCUT2D eigenvalue weighted by Crippen LogP contribution is 2.21. The van der Waals surface area contributed by atoms with Crippen molar-refractivity contribution in [1.82, 2.24) is 19.8 Å². The van der Waals surface area contributed by atoms with Crippen LogP contribution in [-0.2, 0) is 21.4 Å². The second-order valence-corrected chi connectivity index (χ2v) is 8.79. The predicted molar refractivity (Wildman–Crippen MR) is 102 cm³/mol. The maximum Gasteiger partial charge on any atom is 0.246 e. The lowest BCUT2D eigenvalue weighted by Crippen LogP contribution is -2.43. The smallest absolute Gasteiger partial charge is 0.246 e. The van der Waals surface area contributed by atoms with Crippen LogP contribution in [0.5, 0.6) is 5.75 Å². The number of methoxy groups -OCH3 is 1. The summed E-state index contributed by atoms with van der Waals surface area (Å²) < 4.78 is 35.5. The van der Waals surface area contributed by atoms with E-state index >= 15 is 0 Å². The Balaban J connectivity index is 1.51. The number of carbonyl (C=O) groups excluding carboxylic acids is 1. The third-order valence-electron chi connectivity index (χ3n) is 4.81. The van der Waals surface area contributed by atoms with Crippen molar-refractivity contribution in [3.8, 4) is 17.1 Å². The Labute approximate surface area is 164 Å². The molecular formula is C18H24N4O5S. The monoisotopic (exact) mass is 408 g/mol. The molecule has 2 heterocycles. The van der Waals surface area contributed by atoms with E-state index in [0.717, 1.165) is 11.3 Å². The lowest BCUT2D eigenvalue weighted by Gasteiger charge is -2.30. The van der Waals surface area contributed by atoms with Crippen LogP contribution in [0.25, 0.3) is 11.4 Å². The minimum Gasteiger partial charge on any atom is -0.497 e. The average Bonchev–Trinajstić information content (AvgIpc) is 3.21. The number of benzene rings is 1. The van der Waals surface area contributed by atoms with Gasteiger partial charge in [-0.1, -0.05) is 5.16 Å². The largest absolute Gasteiger partial charge is 0.497 e. The van der Waals surface area contributed by atoms with Gasteiger partial charge in [0.05, 0.1) is 19.4 Å². The van der Waals surface area contributed by atoms with Crippen LogP contribution in [-0.4, -0.2) is 54.7 Å². The molecule has 0 unspecified atom stereocenters. The normalized spacial score (nSPS) is 16.1. The zero-order valence-corrected chi connectivity index (χ0v) is 16.7. The molecule has 0 saturated carbocycles. The Morgan fingerprint density at radius 2 is 1.96 bits per heavy atom. The summed E-state index contributed by atoms with van der Waals surface area (Å²) in [6.45, 7) is 2.50. The van der Waals surface area contributed by atoms with Crippen molar-refractivity contribution in [1.29, 1.82) is 0 Å². The van der Waals surface area contributed by atoms with Gasteiger partial charge in [-0.2, -0.15) is 4.98 Å². The van der Waals surface area contributed by atoms with Crippen LogP contribution in [0.4, 0.5) is 0 Å². The van der Waals surface area contributed by atoms with Gasteiger partial charge in [-0.05, 0) is 44.0 Å². The summed E-state index contributed by atoms with van der Waals surface area (Å²) in [4.78, 5) is 16.6. The van der Waals surface area contributed by atoms with E-state index in [1.54, 1.807) is 26.2 Å². The second kappa shape index (κ2) is 8.70. The van der Waals surface area contributed by atoms with E-state index < -0.39 is 10.0 Å². The molecule has 0 atom stereocenters. The van der Waals surface area contributed by atoms with E-state index in [1.807, 2.05) is 12.1 Å². The Morgan fingerprint density at radius 3 is 2.57 bits per heavy atom. The van der Waals surface area contributed by atoms with Crippen molar-refractivity contribution < 1.29 is 22.5 Å².